The van der Waals surface area contributed by atoms with Gasteiger partial charge >= 0.3 is 7.47 Å². The molecule has 0 atom stereocenters. The highest BCUT2D eigenvalue weighted by Crippen LogP contribution is 2.30. The molecule has 4 rings (SSSR count). The third-order valence-corrected chi connectivity index (χ3v) is 6.15. The largest absolute Gasteiger partial charge is 0.796 e. The number of pyridine rings is 1. The fourth-order valence-electron chi connectivity index (χ4n) is 3.52. The van der Waals surface area contributed by atoms with Gasteiger partial charge in [-0.1, -0.05) is 12.1 Å². The van der Waals surface area contributed by atoms with E-state index in [1.807, 2.05) is 12.1 Å². The number of hydrogen-bond donors (Lipinski definition) is 0. The number of ketones is 1. The van der Waals surface area contributed by atoms with Gasteiger partial charge in [-0.3, -0.25) is 9.59 Å². The van der Waals surface area contributed by atoms with Gasteiger partial charge < -0.3 is 18.9 Å². The number of fused-ring (bicyclic) bond motifs is 1. The summed E-state index contributed by atoms with van der Waals surface area (Å²) >= 11 is 1.50. The molecule has 1 aliphatic heterocycles. The third kappa shape index (κ3) is 4.40. The number of carbonyl (C=O) groups excluding carboxylic acids is 1. The molecule has 6 nitrogen and oxygen atoms in total. The van der Waals surface area contributed by atoms with Gasteiger partial charge in [-0.25, -0.2) is 8.63 Å². The van der Waals surface area contributed by atoms with Gasteiger partial charge in [0.15, 0.2) is 5.78 Å². The summed E-state index contributed by atoms with van der Waals surface area (Å²) < 4.78 is 37.4. The molecule has 1 saturated heterocycles. The maximum absolute atomic E-state index is 13.1. The molecule has 0 bridgehead atoms. The molecule has 0 aliphatic carbocycles. The van der Waals surface area contributed by atoms with Crippen molar-refractivity contribution in [1.29, 1.82) is 0 Å². The second kappa shape index (κ2) is 9.03. The average molecular weight is 444 g/mol. The van der Waals surface area contributed by atoms with Crippen LogP contribution in [-0.4, -0.2) is 44.1 Å². The summed E-state index contributed by atoms with van der Waals surface area (Å²) in [5.41, 5.74) is -0.705. The monoisotopic (exact) mass is 444 g/mol. The first-order valence-electron chi connectivity index (χ1n) is 9.67. The Morgan fingerprint density at radius 2 is 1.94 bits per heavy atom. The summed E-state index contributed by atoms with van der Waals surface area (Å²) in [4.78, 5) is 28.7. The van der Waals surface area contributed by atoms with E-state index in [4.69, 9.17) is 4.74 Å². The summed E-state index contributed by atoms with van der Waals surface area (Å²) in [6.07, 6.45) is 2.80. The van der Waals surface area contributed by atoms with Crippen LogP contribution in [0.15, 0.2) is 47.3 Å². The fraction of sp³-hybridized carbons (Fsp3) is 0.238. The molecular formula is C21H19BF2N2O4S. The lowest BCUT2D eigenvalue weighted by Gasteiger charge is -2.27. The molecular weight excluding hydrogens is 425 g/mol. The van der Waals surface area contributed by atoms with Gasteiger partial charge in [-0.15, -0.1) is 11.3 Å². The zero-order chi connectivity index (χ0) is 22.0. The Balaban J connectivity index is 1.68. The van der Waals surface area contributed by atoms with Crippen LogP contribution in [0.25, 0.3) is 17.0 Å². The molecule has 0 N–H and O–H groups in total. The lowest BCUT2D eigenvalue weighted by molar-refractivity contribution is 0.104. The Hall–Kier alpha value is -2.98. The highest BCUT2D eigenvalue weighted by Gasteiger charge is 2.27. The van der Waals surface area contributed by atoms with Crippen LogP contribution in [0, 0.1) is 0 Å². The van der Waals surface area contributed by atoms with Gasteiger partial charge in [-0.05, 0) is 36.4 Å². The first kappa shape index (κ1) is 21.3. The second-order valence-corrected chi connectivity index (χ2v) is 8.03. The summed E-state index contributed by atoms with van der Waals surface area (Å²) in [7, 11) is -1.68. The number of aromatic nitrogens is 1. The van der Waals surface area contributed by atoms with Crippen LogP contribution in [0.2, 0.25) is 0 Å². The highest BCUT2D eigenvalue weighted by atomic mass is 32.1. The minimum Gasteiger partial charge on any atom is -0.504 e. The van der Waals surface area contributed by atoms with Gasteiger partial charge in [0, 0.05) is 30.4 Å². The van der Waals surface area contributed by atoms with Crippen molar-refractivity contribution < 1.29 is 22.8 Å². The number of benzene rings is 1. The van der Waals surface area contributed by atoms with E-state index in [9.17, 15) is 18.2 Å². The molecule has 10 heteroatoms. The van der Waals surface area contributed by atoms with Crippen LogP contribution in [-0.2, 0) is 11.8 Å². The SMILES string of the molecule is Cn1c(=O)c(C(=O)/C=C/c2ccc(N3CCOCC3)s2)c(OB(F)F)c2ccccc21. The van der Waals surface area contributed by atoms with Crippen molar-refractivity contribution in [2.24, 2.45) is 7.05 Å². The molecule has 0 unspecified atom stereocenters. The molecule has 3 aromatic rings. The Morgan fingerprint density at radius 1 is 1.19 bits per heavy atom. The predicted octanol–water partition coefficient (Wildman–Crippen LogP) is 3.64. The molecule has 1 aromatic carbocycles. The number of rotatable bonds is 6. The normalized spacial score (nSPS) is 14.4. The standard InChI is InChI=1S/C21H19BF2N2O4S/c1-25-16-5-3-2-4-15(16)20(30-22(23)24)19(21(25)28)17(27)8-6-14-7-9-18(31-14)26-10-12-29-13-11-26/h2-9H,10-13H2,1H3/b8-6+. The van der Waals surface area contributed by atoms with E-state index in [0.717, 1.165) is 23.0 Å². The maximum atomic E-state index is 13.1. The minimum absolute atomic E-state index is 0.271. The number of allylic oxidation sites excluding steroid dienone is 1. The number of ether oxygens (including phenoxy) is 1. The fourth-order valence-corrected chi connectivity index (χ4v) is 4.48. The van der Waals surface area contributed by atoms with Crippen molar-refractivity contribution in [2.45, 2.75) is 0 Å². The minimum atomic E-state index is -3.17. The number of carbonyl (C=O) groups is 1. The lowest BCUT2D eigenvalue weighted by atomic mass is 10.1. The van der Waals surface area contributed by atoms with Gasteiger partial charge in [-0.2, -0.15) is 0 Å². The molecule has 0 radical (unpaired) electrons. The molecule has 2 aromatic heterocycles. The number of thiophene rings is 1. The van der Waals surface area contributed by atoms with Crippen molar-refractivity contribution in [3.05, 3.63) is 63.3 Å². The molecule has 0 spiro atoms. The predicted molar refractivity (Wildman–Crippen MR) is 119 cm³/mol. The van der Waals surface area contributed by atoms with Crippen molar-refractivity contribution in [1.82, 2.24) is 4.57 Å². The van der Waals surface area contributed by atoms with E-state index in [0.29, 0.717) is 18.7 Å². The van der Waals surface area contributed by atoms with Gasteiger partial charge in [0.25, 0.3) is 5.56 Å². The third-order valence-electron chi connectivity index (χ3n) is 5.04. The smallest absolute Gasteiger partial charge is 0.504 e. The Labute approximate surface area is 181 Å². The summed E-state index contributed by atoms with van der Waals surface area (Å²) in [5, 5.41) is 1.33. The first-order valence-corrected chi connectivity index (χ1v) is 10.5. The zero-order valence-corrected chi connectivity index (χ0v) is 17.5. The number of morpholine rings is 1. The average Bonchev–Trinajstić information content (AvgIpc) is 3.25. The van der Waals surface area contributed by atoms with Crippen LogP contribution in [0.1, 0.15) is 15.2 Å². The molecule has 1 aliphatic rings. The second-order valence-electron chi connectivity index (χ2n) is 6.94. The molecule has 3 heterocycles. The number of para-hydroxylation sites is 1. The van der Waals surface area contributed by atoms with Gasteiger partial charge in [0.05, 0.1) is 23.7 Å². The highest BCUT2D eigenvalue weighted by molar-refractivity contribution is 7.16. The number of anilines is 1. The molecule has 160 valence electrons. The van der Waals surface area contributed by atoms with E-state index in [1.54, 1.807) is 30.3 Å². The van der Waals surface area contributed by atoms with Crippen molar-refractivity contribution in [2.75, 3.05) is 31.2 Å². The summed E-state index contributed by atoms with van der Waals surface area (Å²) in [6, 6.07) is 10.3. The number of nitrogens with zero attached hydrogens (tertiary/aromatic N) is 2. The molecule has 0 amide bonds. The van der Waals surface area contributed by atoms with Crippen LogP contribution in [0.3, 0.4) is 0 Å². The maximum Gasteiger partial charge on any atom is 0.796 e. The molecule has 31 heavy (non-hydrogen) atoms. The van der Waals surface area contributed by atoms with Crippen LogP contribution < -0.4 is 15.1 Å². The number of halogens is 2. The van der Waals surface area contributed by atoms with E-state index in [1.165, 1.54) is 29.0 Å². The Kier molecular flexibility index (Phi) is 6.19. The van der Waals surface area contributed by atoms with E-state index in [2.05, 4.69) is 9.55 Å². The van der Waals surface area contributed by atoms with E-state index in [-0.39, 0.29) is 5.39 Å². The van der Waals surface area contributed by atoms with Gasteiger partial charge in [0.1, 0.15) is 11.3 Å². The topological polar surface area (TPSA) is 60.8 Å². The number of aryl methyl sites for hydroxylation is 1. The quantitative estimate of drug-likeness (QED) is 0.330. The summed E-state index contributed by atoms with van der Waals surface area (Å²) in [6.45, 7) is 2.92. The van der Waals surface area contributed by atoms with Crippen LogP contribution in [0.5, 0.6) is 5.75 Å². The molecule has 1 fully saturated rings. The Bertz CT molecular complexity index is 1200. The number of hydrogen-bond acceptors (Lipinski definition) is 6. The summed E-state index contributed by atoms with van der Waals surface area (Å²) in [5.74, 6) is -1.09. The van der Waals surface area contributed by atoms with Crippen molar-refractivity contribution in [3.8, 4) is 5.75 Å². The zero-order valence-electron chi connectivity index (χ0n) is 16.7. The van der Waals surface area contributed by atoms with Crippen molar-refractivity contribution >= 4 is 46.6 Å². The van der Waals surface area contributed by atoms with E-state index < -0.39 is 30.1 Å². The van der Waals surface area contributed by atoms with Crippen LogP contribution in [0.4, 0.5) is 13.6 Å². The molecule has 0 saturated carbocycles. The Morgan fingerprint density at radius 3 is 2.68 bits per heavy atom. The van der Waals surface area contributed by atoms with Crippen LogP contribution >= 0.6 is 11.3 Å². The first-order chi connectivity index (χ1) is 15.0. The lowest BCUT2D eigenvalue weighted by Crippen LogP contribution is -2.35. The van der Waals surface area contributed by atoms with Gasteiger partial charge in [0.2, 0.25) is 0 Å². The van der Waals surface area contributed by atoms with Crippen molar-refractivity contribution in [3.63, 3.8) is 0 Å². The van der Waals surface area contributed by atoms with E-state index >= 15 is 0 Å².